The van der Waals surface area contributed by atoms with E-state index in [1.165, 1.54) is 11.1 Å². The van der Waals surface area contributed by atoms with Crippen LogP contribution in [0.1, 0.15) is 5.56 Å². The van der Waals surface area contributed by atoms with Gasteiger partial charge in [0.15, 0.2) is 0 Å². The van der Waals surface area contributed by atoms with Crippen molar-refractivity contribution in [3.05, 3.63) is 59.3 Å². The minimum absolute atomic E-state index is 0.821. The van der Waals surface area contributed by atoms with Crippen LogP contribution in [0.2, 0.25) is 0 Å². The Kier molecular flexibility index (Phi) is 3.20. The van der Waals surface area contributed by atoms with Gasteiger partial charge >= 0.3 is 0 Å². The molecule has 0 radical (unpaired) electrons. The van der Waals surface area contributed by atoms with Crippen LogP contribution >= 0.6 is 0 Å². The molecule has 0 unspecified atom stereocenters. The summed E-state index contributed by atoms with van der Waals surface area (Å²) in [6.45, 7) is 0.833. The van der Waals surface area contributed by atoms with E-state index in [-0.39, 0.29) is 0 Å². The lowest BCUT2D eigenvalue weighted by Gasteiger charge is -2.22. The van der Waals surface area contributed by atoms with E-state index < -0.39 is 0 Å². The number of hydrogen-bond acceptors (Lipinski definition) is 2. The fraction of sp³-hybridized carbons (Fsp3) is 0.214. The summed E-state index contributed by atoms with van der Waals surface area (Å²) in [5.41, 5.74) is 3.26. The van der Waals surface area contributed by atoms with Gasteiger partial charge in [-0.2, -0.15) is 0 Å². The molecule has 2 rings (SSSR count). The number of aldehydes is 1. The SMILES string of the molecule is CN1C=CC(C=O)=C(Cc2ccccc2)C1. The van der Waals surface area contributed by atoms with Crippen LogP contribution in [0.5, 0.6) is 0 Å². The normalized spacial score (nSPS) is 15.4. The van der Waals surface area contributed by atoms with E-state index in [4.69, 9.17) is 0 Å². The number of rotatable bonds is 3. The van der Waals surface area contributed by atoms with Gasteiger partial charge in [-0.3, -0.25) is 4.79 Å². The van der Waals surface area contributed by atoms with Crippen molar-refractivity contribution >= 4 is 6.29 Å². The highest BCUT2D eigenvalue weighted by Crippen LogP contribution is 2.17. The molecule has 0 N–H and O–H groups in total. The Morgan fingerprint density at radius 3 is 2.75 bits per heavy atom. The molecule has 2 heteroatoms. The van der Waals surface area contributed by atoms with E-state index in [0.717, 1.165) is 24.8 Å². The molecule has 1 heterocycles. The largest absolute Gasteiger partial charge is 0.376 e. The first kappa shape index (κ1) is 10.7. The molecule has 0 aliphatic carbocycles. The Labute approximate surface area is 95.9 Å². The van der Waals surface area contributed by atoms with Gasteiger partial charge in [-0.15, -0.1) is 0 Å². The molecule has 82 valence electrons. The first-order chi connectivity index (χ1) is 7.79. The van der Waals surface area contributed by atoms with Crippen LogP contribution in [0.4, 0.5) is 0 Å². The number of carbonyl (C=O) groups excluding carboxylic acids is 1. The van der Waals surface area contributed by atoms with Crippen LogP contribution < -0.4 is 0 Å². The second-order valence-corrected chi connectivity index (χ2v) is 4.07. The molecule has 0 amide bonds. The maximum atomic E-state index is 10.9. The van der Waals surface area contributed by atoms with Gasteiger partial charge in [0.2, 0.25) is 0 Å². The number of hydrogen-bond donors (Lipinski definition) is 0. The summed E-state index contributed by atoms with van der Waals surface area (Å²) in [5, 5.41) is 0. The van der Waals surface area contributed by atoms with Gasteiger partial charge < -0.3 is 4.90 Å². The fourth-order valence-corrected chi connectivity index (χ4v) is 1.89. The van der Waals surface area contributed by atoms with Gasteiger partial charge in [0.05, 0.1) is 0 Å². The van der Waals surface area contributed by atoms with Gasteiger partial charge in [0, 0.05) is 19.2 Å². The standard InChI is InChI=1S/C14H15NO/c1-15-8-7-13(11-16)14(10-15)9-12-5-3-2-4-6-12/h2-8,11H,9-10H2,1H3. The van der Waals surface area contributed by atoms with Gasteiger partial charge in [-0.05, 0) is 29.8 Å². The van der Waals surface area contributed by atoms with Crippen LogP contribution in [-0.2, 0) is 11.2 Å². The highest BCUT2D eigenvalue weighted by molar-refractivity contribution is 5.79. The predicted molar refractivity (Wildman–Crippen MR) is 65.0 cm³/mol. The monoisotopic (exact) mass is 213 g/mol. The molecular weight excluding hydrogens is 198 g/mol. The van der Waals surface area contributed by atoms with E-state index in [0.29, 0.717) is 0 Å². The van der Waals surface area contributed by atoms with Crippen molar-refractivity contribution in [2.24, 2.45) is 0 Å². The van der Waals surface area contributed by atoms with Crippen LogP contribution in [0.25, 0.3) is 0 Å². The maximum absolute atomic E-state index is 10.9. The van der Waals surface area contributed by atoms with Gasteiger partial charge in [0.1, 0.15) is 6.29 Å². The third-order valence-corrected chi connectivity index (χ3v) is 2.74. The molecule has 0 atom stereocenters. The Morgan fingerprint density at radius 1 is 1.31 bits per heavy atom. The lowest BCUT2D eigenvalue weighted by atomic mass is 9.98. The van der Waals surface area contributed by atoms with Crippen molar-refractivity contribution in [3.8, 4) is 0 Å². The zero-order chi connectivity index (χ0) is 11.4. The summed E-state index contributed by atoms with van der Waals surface area (Å²) in [4.78, 5) is 13.0. The highest BCUT2D eigenvalue weighted by Gasteiger charge is 2.10. The third-order valence-electron chi connectivity index (χ3n) is 2.74. The summed E-state index contributed by atoms with van der Waals surface area (Å²) in [7, 11) is 2.02. The molecule has 0 fully saturated rings. The van der Waals surface area contributed by atoms with E-state index in [2.05, 4.69) is 17.0 Å². The fourth-order valence-electron chi connectivity index (χ4n) is 1.89. The van der Waals surface area contributed by atoms with E-state index in [1.54, 1.807) is 0 Å². The summed E-state index contributed by atoms with van der Waals surface area (Å²) in [6.07, 6.45) is 5.62. The quantitative estimate of drug-likeness (QED) is 0.717. The zero-order valence-electron chi connectivity index (χ0n) is 9.39. The van der Waals surface area contributed by atoms with Crippen LogP contribution in [0.15, 0.2) is 53.8 Å². The summed E-state index contributed by atoms with van der Waals surface area (Å²) >= 11 is 0. The van der Waals surface area contributed by atoms with Crippen LogP contribution in [0.3, 0.4) is 0 Å². The maximum Gasteiger partial charge on any atom is 0.150 e. The molecule has 2 nitrogen and oxygen atoms in total. The Bertz CT molecular complexity index is 431. The van der Waals surface area contributed by atoms with E-state index in [9.17, 15) is 4.79 Å². The number of likely N-dealkylation sites (N-methyl/N-ethyl adjacent to an activating group) is 1. The molecule has 1 aromatic rings. The molecule has 0 saturated heterocycles. The predicted octanol–water partition coefficient (Wildman–Crippen LogP) is 2.18. The smallest absolute Gasteiger partial charge is 0.150 e. The number of allylic oxidation sites excluding steroid dienone is 2. The average molecular weight is 213 g/mol. The van der Waals surface area contributed by atoms with Gasteiger partial charge in [0.25, 0.3) is 0 Å². The molecule has 1 aromatic carbocycles. The number of carbonyl (C=O) groups is 1. The average Bonchev–Trinajstić information content (AvgIpc) is 2.31. The molecular formula is C14H15NO. The van der Waals surface area contributed by atoms with Crippen molar-refractivity contribution in [2.75, 3.05) is 13.6 Å². The minimum atomic E-state index is 0.821. The summed E-state index contributed by atoms with van der Waals surface area (Å²) in [5.74, 6) is 0. The molecule has 1 aliphatic heterocycles. The van der Waals surface area contributed by atoms with Crippen LogP contribution in [0, 0.1) is 0 Å². The first-order valence-corrected chi connectivity index (χ1v) is 5.39. The number of nitrogens with zero attached hydrogens (tertiary/aromatic N) is 1. The Hall–Kier alpha value is -1.83. The summed E-state index contributed by atoms with van der Waals surface area (Å²) in [6, 6.07) is 10.2. The Morgan fingerprint density at radius 2 is 2.06 bits per heavy atom. The lowest BCUT2D eigenvalue weighted by molar-refractivity contribution is -0.104. The second-order valence-electron chi connectivity index (χ2n) is 4.07. The third kappa shape index (κ3) is 2.40. The van der Waals surface area contributed by atoms with Crippen molar-refractivity contribution in [2.45, 2.75) is 6.42 Å². The zero-order valence-corrected chi connectivity index (χ0v) is 9.39. The molecule has 0 spiro atoms. The topological polar surface area (TPSA) is 20.3 Å². The first-order valence-electron chi connectivity index (χ1n) is 5.39. The Balaban J connectivity index is 2.22. The van der Waals surface area contributed by atoms with Crippen molar-refractivity contribution in [3.63, 3.8) is 0 Å². The number of benzene rings is 1. The highest BCUT2D eigenvalue weighted by atomic mass is 16.1. The van der Waals surface area contributed by atoms with Crippen LogP contribution in [-0.4, -0.2) is 24.8 Å². The van der Waals surface area contributed by atoms with Crippen molar-refractivity contribution < 1.29 is 4.79 Å². The van der Waals surface area contributed by atoms with Gasteiger partial charge in [-0.25, -0.2) is 0 Å². The van der Waals surface area contributed by atoms with E-state index >= 15 is 0 Å². The molecule has 1 aliphatic rings. The lowest BCUT2D eigenvalue weighted by Crippen LogP contribution is -2.20. The molecule has 0 saturated carbocycles. The molecule has 0 aromatic heterocycles. The molecule has 16 heavy (non-hydrogen) atoms. The summed E-state index contributed by atoms with van der Waals surface area (Å²) < 4.78 is 0. The van der Waals surface area contributed by atoms with Gasteiger partial charge in [-0.1, -0.05) is 30.3 Å². The minimum Gasteiger partial charge on any atom is -0.376 e. The molecule has 0 bridgehead atoms. The van der Waals surface area contributed by atoms with E-state index in [1.807, 2.05) is 37.5 Å². The van der Waals surface area contributed by atoms with Crippen molar-refractivity contribution in [1.29, 1.82) is 0 Å². The van der Waals surface area contributed by atoms with Crippen molar-refractivity contribution in [1.82, 2.24) is 4.90 Å². The second kappa shape index (κ2) is 4.79.